The number of aromatic nitrogens is 1. The van der Waals surface area contributed by atoms with Crippen molar-refractivity contribution in [2.45, 2.75) is 52.1 Å². The number of aromatic amines is 1. The van der Waals surface area contributed by atoms with Gasteiger partial charge in [0, 0.05) is 46.5 Å². The summed E-state index contributed by atoms with van der Waals surface area (Å²) in [5, 5.41) is 14.1. The number of hydrogen-bond donors (Lipinski definition) is 3. The van der Waals surface area contributed by atoms with E-state index < -0.39 is 12.0 Å². The van der Waals surface area contributed by atoms with Crippen molar-refractivity contribution >= 4 is 28.5 Å². The van der Waals surface area contributed by atoms with Gasteiger partial charge < -0.3 is 15.4 Å². The van der Waals surface area contributed by atoms with Crippen molar-refractivity contribution in [2.24, 2.45) is 10.8 Å². The first-order chi connectivity index (χ1) is 15.6. The molecule has 3 aromatic rings. The van der Waals surface area contributed by atoms with E-state index in [1.54, 1.807) is 12.1 Å². The van der Waals surface area contributed by atoms with E-state index in [4.69, 9.17) is 0 Å². The molecule has 172 valence electrons. The molecule has 2 fully saturated rings. The number of likely N-dealkylation sites (tertiary alicyclic amines) is 1. The van der Waals surface area contributed by atoms with Crippen LogP contribution in [0, 0.1) is 10.8 Å². The highest BCUT2D eigenvalue weighted by Crippen LogP contribution is 2.54. The van der Waals surface area contributed by atoms with Gasteiger partial charge in [-0.05, 0) is 54.4 Å². The highest BCUT2D eigenvalue weighted by molar-refractivity contribution is 6.05. The van der Waals surface area contributed by atoms with Gasteiger partial charge in [0.15, 0.2) is 0 Å². The van der Waals surface area contributed by atoms with Gasteiger partial charge in [0.1, 0.15) is 6.04 Å². The summed E-state index contributed by atoms with van der Waals surface area (Å²) >= 11 is 0. The molecule has 3 unspecified atom stereocenters. The minimum atomic E-state index is -0.814. The maximum absolute atomic E-state index is 12.5. The van der Waals surface area contributed by atoms with Crippen LogP contribution in [0.1, 0.15) is 62.0 Å². The zero-order valence-corrected chi connectivity index (χ0v) is 19.4. The minimum Gasteiger partial charge on any atom is -0.480 e. The van der Waals surface area contributed by atoms with Crippen LogP contribution in [-0.4, -0.2) is 39.5 Å². The summed E-state index contributed by atoms with van der Waals surface area (Å²) in [4.78, 5) is 30.5. The first kappa shape index (κ1) is 21.7. The highest BCUT2D eigenvalue weighted by Gasteiger charge is 2.52. The first-order valence-electron chi connectivity index (χ1n) is 11.6. The second-order valence-corrected chi connectivity index (χ2v) is 11.0. The molecule has 1 amide bonds. The lowest BCUT2D eigenvalue weighted by Crippen LogP contribution is -2.39. The molecule has 1 aliphatic carbocycles. The Kier molecular flexibility index (Phi) is 5.09. The van der Waals surface area contributed by atoms with Crippen molar-refractivity contribution in [1.82, 2.24) is 9.88 Å². The Hall–Kier alpha value is -3.12. The average molecular weight is 446 g/mol. The SMILES string of the molecule is CC1(C)CC2CC(C)(CN2C(C(=O)O)c2c[nH]c3cc(NC(=O)c4ccccc4)ccc23)C1. The van der Waals surface area contributed by atoms with E-state index in [2.05, 4.69) is 36.0 Å². The van der Waals surface area contributed by atoms with Crippen molar-refractivity contribution < 1.29 is 14.7 Å². The largest absolute Gasteiger partial charge is 0.480 e. The molecule has 2 aliphatic rings. The number of benzene rings is 2. The molecule has 6 heteroatoms. The maximum atomic E-state index is 12.5. The monoisotopic (exact) mass is 445 g/mol. The quantitative estimate of drug-likeness (QED) is 0.488. The molecule has 0 radical (unpaired) electrons. The van der Waals surface area contributed by atoms with Crippen LogP contribution in [0.4, 0.5) is 5.69 Å². The molecule has 3 atom stereocenters. The van der Waals surface area contributed by atoms with E-state index in [9.17, 15) is 14.7 Å². The Morgan fingerprint density at radius 1 is 1.12 bits per heavy atom. The topological polar surface area (TPSA) is 85.4 Å². The number of anilines is 1. The fourth-order valence-electron chi connectivity index (χ4n) is 6.50. The van der Waals surface area contributed by atoms with Gasteiger partial charge in [0.05, 0.1) is 0 Å². The second kappa shape index (κ2) is 7.73. The molecule has 2 aromatic carbocycles. The molecular formula is C27H31N3O3. The maximum Gasteiger partial charge on any atom is 0.325 e. The number of rotatable bonds is 5. The Balaban J connectivity index is 1.44. The van der Waals surface area contributed by atoms with E-state index >= 15 is 0 Å². The van der Waals surface area contributed by atoms with Gasteiger partial charge in [-0.1, -0.05) is 45.0 Å². The average Bonchev–Trinajstić information content (AvgIpc) is 3.25. The number of amides is 1. The molecule has 6 nitrogen and oxygen atoms in total. The predicted octanol–water partition coefficient (Wildman–Crippen LogP) is 5.45. The number of carboxylic acids is 1. The van der Waals surface area contributed by atoms with Crippen molar-refractivity contribution in [3.05, 3.63) is 65.9 Å². The first-order valence-corrected chi connectivity index (χ1v) is 11.6. The van der Waals surface area contributed by atoms with E-state index in [0.29, 0.717) is 11.3 Å². The molecule has 3 N–H and O–H groups in total. The third-order valence-electron chi connectivity index (χ3n) is 7.32. The number of H-pyrrole nitrogens is 1. The lowest BCUT2D eigenvalue weighted by atomic mass is 9.65. The fourth-order valence-corrected chi connectivity index (χ4v) is 6.50. The zero-order valence-electron chi connectivity index (χ0n) is 19.4. The molecule has 1 aromatic heterocycles. The molecule has 1 saturated heterocycles. The highest BCUT2D eigenvalue weighted by atomic mass is 16.4. The number of nitrogens with one attached hydrogen (secondary N) is 2. The van der Waals surface area contributed by atoms with Crippen LogP contribution >= 0.6 is 0 Å². The van der Waals surface area contributed by atoms with Crippen LogP contribution in [0.3, 0.4) is 0 Å². The number of nitrogens with zero attached hydrogens (tertiary/aromatic N) is 1. The number of fused-ring (bicyclic) bond motifs is 3. The van der Waals surface area contributed by atoms with Crippen LogP contribution < -0.4 is 5.32 Å². The Morgan fingerprint density at radius 2 is 1.88 bits per heavy atom. The number of aliphatic carboxylic acids is 1. The lowest BCUT2D eigenvalue weighted by molar-refractivity contribution is -0.144. The van der Waals surface area contributed by atoms with Crippen LogP contribution in [0.25, 0.3) is 10.9 Å². The van der Waals surface area contributed by atoms with Gasteiger partial charge in [-0.25, -0.2) is 0 Å². The standard InChI is InChI=1S/C27H31N3O3/c1-26(2)12-19-13-27(3,15-26)16-30(19)23(25(32)33)21-14-28-22-11-18(9-10-20(21)22)29-24(31)17-7-5-4-6-8-17/h4-11,14,19,23,28H,12-13,15-16H2,1-3H3,(H,29,31)(H,32,33). The molecule has 1 aliphatic heterocycles. The van der Waals surface area contributed by atoms with Crippen LogP contribution in [0.2, 0.25) is 0 Å². The van der Waals surface area contributed by atoms with E-state index in [-0.39, 0.29) is 22.8 Å². The number of carbonyl (C=O) groups is 2. The summed E-state index contributed by atoms with van der Waals surface area (Å²) in [6.07, 6.45) is 5.02. The third kappa shape index (κ3) is 4.04. The predicted molar refractivity (Wildman–Crippen MR) is 129 cm³/mol. The normalized spacial score (nSPS) is 25.1. The molecule has 2 bridgehead atoms. The smallest absolute Gasteiger partial charge is 0.325 e. The van der Waals surface area contributed by atoms with Crippen molar-refractivity contribution in [3.8, 4) is 0 Å². The van der Waals surface area contributed by atoms with E-state index in [0.717, 1.165) is 42.3 Å². The van der Waals surface area contributed by atoms with E-state index in [1.165, 1.54) is 0 Å². The summed E-state index contributed by atoms with van der Waals surface area (Å²) in [6.45, 7) is 7.70. The summed E-state index contributed by atoms with van der Waals surface area (Å²) < 4.78 is 0. The van der Waals surface area contributed by atoms with Gasteiger partial charge in [-0.3, -0.25) is 14.5 Å². The number of hydrogen-bond acceptors (Lipinski definition) is 3. The molecular weight excluding hydrogens is 414 g/mol. The number of carbonyl (C=O) groups excluding carboxylic acids is 1. The lowest BCUT2D eigenvalue weighted by Gasteiger charge is -2.40. The summed E-state index contributed by atoms with van der Waals surface area (Å²) in [5.74, 6) is -0.989. The van der Waals surface area contributed by atoms with Crippen molar-refractivity contribution in [2.75, 3.05) is 11.9 Å². The van der Waals surface area contributed by atoms with Crippen LogP contribution in [0.15, 0.2) is 54.7 Å². The van der Waals surface area contributed by atoms with Crippen molar-refractivity contribution in [1.29, 1.82) is 0 Å². The Morgan fingerprint density at radius 3 is 2.61 bits per heavy atom. The molecule has 1 saturated carbocycles. The van der Waals surface area contributed by atoms with Gasteiger partial charge in [0.25, 0.3) is 5.91 Å². The van der Waals surface area contributed by atoms with Crippen molar-refractivity contribution in [3.63, 3.8) is 0 Å². The number of carboxylic acid groups (broad SMARTS) is 1. The van der Waals surface area contributed by atoms with Gasteiger partial charge >= 0.3 is 5.97 Å². The molecule has 5 rings (SSSR count). The van der Waals surface area contributed by atoms with Crippen LogP contribution in [0.5, 0.6) is 0 Å². The Bertz CT molecular complexity index is 1220. The fraction of sp³-hybridized carbons (Fsp3) is 0.407. The minimum absolute atomic E-state index is 0.154. The van der Waals surface area contributed by atoms with E-state index in [1.807, 2.05) is 42.6 Å². The van der Waals surface area contributed by atoms with Gasteiger partial charge in [0.2, 0.25) is 0 Å². The molecule has 2 heterocycles. The Labute approximate surface area is 194 Å². The summed E-state index contributed by atoms with van der Waals surface area (Å²) in [6, 6.07) is 14.3. The molecule has 0 spiro atoms. The second-order valence-electron chi connectivity index (χ2n) is 11.0. The summed E-state index contributed by atoms with van der Waals surface area (Å²) in [5.41, 5.74) is 3.24. The molecule has 33 heavy (non-hydrogen) atoms. The van der Waals surface area contributed by atoms with Crippen LogP contribution in [-0.2, 0) is 4.79 Å². The zero-order chi connectivity index (χ0) is 23.4. The third-order valence-corrected chi connectivity index (χ3v) is 7.32. The van der Waals surface area contributed by atoms with Gasteiger partial charge in [-0.15, -0.1) is 0 Å². The summed E-state index contributed by atoms with van der Waals surface area (Å²) in [7, 11) is 0. The van der Waals surface area contributed by atoms with Gasteiger partial charge in [-0.2, -0.15) is 0 Å².